The summed E-state index contributed by atoms with van der Waals surface area (Å²) in [5.74, 6) is 0.737. The van der Waals surface area contributed by atoms with Gasteiger partial charge in [0, 0.05) is 17.8 Å². The first-order valence-electron chi connectivity index (χ1n) is 7.31. The molecule has 3 nitrogen and oxygen atoms in total. The zero-order valence-corrected chi connectivity index (χ0v) is 13.1. The van der Waals surface area contributed by atoms with Crippen LogP contribution in [0.3, 0.4) is 0 Å². The molecular formula is C17H24N2O. The molecule has 1 aromatic heterocycles. The molecule has 0 aliphatic rings. The van der Waals surface area contributed by atoms with Gasteiger partial charge in [0.15, 0.2) is 0 Å². The van der Waals surface area contributed by atoms with Gasteiger partial charge < -0.3 is 0 Å². The molecule has 1 heterocycles. The number of benzene rings is 1. The van der Waals surface area contributed by atoms with Gasteiger partial charge in [0.05, 0.1) is 5.69 Å². The van der Waals surface area contributed by atoms with Crippen molar-refractivity contribution in [1.29, 1.82) is 0 Å². The maximum Gasteiger partial charge on any atom is 0.275 e. The molecule has 0 saturated carbocycles. The highest BCUT2D eigenvalue weighted by Crippen LogP contribution is 2.19. The molecule has 0 fully saturated rings. The molecule has 0 aliphatic carbocycles. The number of para-hydroxylation sites is 1. The van der Waals surface area contributed by atoms with Crippen LogP contribution in [0.15, 0.2) is 35.1 Å². The van der Waals surface area contributed by atoms with Crippen molar-refractivity contribution in [3.05, 3.63) is 51.9 Å². The van der Waals surface area contributed by atoms with E-state index in [0.29, 0.717) is 5.92 Å². The first-order chi connectivity index (χ1) is 9.43. The van der Waals surface area contributed by atoms with E-state index in [0.717, 1.165) is 23.5 Å². The van der Waals surface area contributed by atoms with Crippen LogP contribution in [-0.2, 0) is 6.54 Å². The normalized spacial score (nSPS) is 11.6. The Labute approximate surface area is 120 Å². The molecule has 0 spiro atoms. The third-order valence-electron chi connectivity index (χ3n) is 3.56. The summed E-state index contributed by atoms with van der Waals surface area (Å²) >= 11 is 0. The van der Waals surface area contributed by atoms with Gasteiger partial charge in [-0.2, -0.15) is 0 Å². The van der Waals surface area contributed by atoms with Crippen LogP contribution in [0.2, 0.25) is 0 Å². The molecule has 0 aliphatic heterocycles. The van der Waals surface area contributed by atoms with Gasteiger partial charge in [-0.05, 0) is 30.9 Å². The molecule has 0 radical (unpaired) electrons. The number of nitrogens with zero attached hydrogens (tertiary/aromatic N) is 2. The lowest BCUT2D eigenvalue weighted by atomic mass is 10.0. The lowest BCUT2D eigenvalue weighted by Crippen LogP contribution is -2.24. The molecule has 20 heavy (non-hydrogen) atoms. The molecule has 0 bridgehead atoms. The first kappa shape index (κ1) is 14.6. The fraction of sp³-hybridized carbons (Fsp3) is 0.471. The minimum absolute atomic E-state index is 0.115. The highest BCUT2D eigenvalue weighted by molar-refractivity contribution is 5.34. The van der Waals surface area contributed by atoms with Gasteiger partial charge in [-0.3, -0.25) is 9.48 Å². The van der Waals surface area contributed by atoms with Crippen LogP contribution in [0.25, 0.3) is 5.69 Å². The maximum absolute atomic E-state index is 12.8. The molecule has 0 amide bonds. The summed E-state index contributed by atoms with van der Waals surface area (Å²) in [5, 5.41) is 0. The van der Waals surface area contributed by atoms with E-state index in [1.54, 1.807) is 0 Å². The Kier molecular flexibility index (Phi) is 4.17. The summed E-state index contributed by atoms with van der Waals surface area (Å²) in [4.78, 5) is 12.8. The standard InChI is InChI=1S/C17H24N2O/c1-12(2)11-18-14(5)16(13(3)4)17(20)19(18)15-9-7-6-8-10-15/h6-10,12-13H,11H2,1-5H3. The summed E-state index contributed by atoms with van der Waals surface area (Å²) < 4.78 is 3.95. The zero-order chi connectivity index (χ0) is 14.9. The Bertz CT molecular complexity index is 633. The molecule has 1 aromatic carbocycles. The Morgan fingerprint density at radius 3 is 2.15 bits per heavy atom. The van der Waals surface area contributed by atoms with Crippen LogP contribution in [0.5, 0.6) is 0 Å². The van der Waals surface area contributed by atoms with E-state index in [1.807, 2.05) is 35.0 Å². The second-order valence-electron chi connectivity index (χ2n) is 6.08. The molecule has 2 aromatic rings. The molecule has 0 atom stereocenters. The van der Waals surface area contributed by atoms with Crippen LogP contribution in [0, 0.1) is 12.8 Å². The molecule has 0 saturated heterocycles. The van der Waals surface area contributed by atoms with E-state index in [2.05, 4.69) is 39.3 Å². The molecular weight excluding hydrogens is 248 g/mol. The van der Waals surface area contributed by atoms with Crippen molar-refractivity contribution in [2.45, 2.75) is 47.1 Å². The SMILES string of the molecule is Cc1c(C(C)C)c(=O)n(-c2ccccc2)n1CC(C)C. The molecule has 3 heteroatoms. The van der Waals surface area contributed by atoms with Crippen molar-refractivity contribution in [3.63, 3.8) is 0 Å². The predicted octanol–water partition coefficient (Wildman–Crippen LogP) is 3.73. The second kappa shape index (κ2) is 5.70. The highest BCUT2D eigenvalue weighted by atomic mass is 16.1. The minimum atomic E-state index is 0.115. The smallest absolute Gasteiger partial charge is 0.275 e. The monoisotopic (exact) mass is 272 g/mol. The van der Waals surface area contributed by atoms with Crippen molar-refractivity contribution in [2.24, 2.45) is 5.92 Å². The third-order valence-corrected chi connectivity index (χ3v) is 3.56. The third kappa shape index (κ3) is 2.58. The minimum Gasteiger partial charge on any atom is -0.282 e. The van der Waals surface area contributed by atoms with Gasteiger partial charge in [0.25, 0.3) is 5.56 Å². The van der Waals surface area contributed by atoms with Crippen LogP contribution in [-0.4, -0.2) is 9.36 Å². The van der Waals surface area contributed by atoms with Gasteiger partial charge in [-0.15, -0.1) is 0 Å². The van der Waals surface area contributed by atoms with Crippen molar-refractivity contribution in [2.75, 3.05) is 0 Å². The Balaban J connectivity index is 2.71. The number of rotatable bonds is 4. The molecule has 108 valence electrons. The summed E-state index contributed by atoms with van der Waals surface area (Å²) in [6, 6.07) is 9.89. The summed E-state index contributed by atoms with van der Waals surface area (Å²) in [5.41, 5.74) is 3.06. The van der Waals surface area contributed by atoms with E-state index >= 15 is 0 Å². The van der Waals surface area contributed by atoms with Crippen molar-refractivity contribution in [3.8, 4) is 5.69 Å². The van der Waals surface area contributed by atoms with E-state index < -0.39 is 0 Å². The molecule has 2 rings (SSSR count). The highest BCUT2D eigenvalue weighted by Gasteiger charge is 2.20. The van der Waals surface area contributed by atoms with Gasteiger partial charge >= 0.3 is 0 Å². The fourth-order valence-electron chi connectivity index (χ4n) is 2.72. The van der Waals surface area contributed by atoms with E-state index in [1.165, 1.54) is 0 Å². The maximum atomic E-state index is 12.8. The van der Waals surface area contributed by atoms with Crippen molar-refractivity contribution in [1.82, 2.24) is 9.36 Å². The fourth-order valence-corrected chi connectivity index (χ4v) is 2.72. The second-order valence-corrected chi connectivity index (χ2v) is 6.08. The first-order valence-corrected chi connectivity index (χ1v) is 7.31. The Morgan fingerprint density at radius 1 is 1.05 bits per heavy atom. The lowest BCUT2D eigenvalue weighted by Gasteiger charge is -2.15. The van der Waals surface area contributed by atoms with E-state index in [4.69, 9.17) is 0 Å². The largest absolute Gasteiger partial charge is 0.282 e. The average molecular weight is 272 g/mol. The zero-order valence-electron chi connectivity index (χ0n) is 13.1. The molecule has 0 N–H and O–H groups in total. The van der Waals surface area contributed by atoms with E-state index in [9.17, 15) is 4.79 Å². The Hall–Kier alpha value is -1.77. The summed E-state index contributed by atoms with van der Waals surface area (Å²) in [6.07, 6.45) is 0. The van der Waals surface area contributed by atoms with Gasteiger partial charge in [0.2, 0.25) is 0 Å². The quantitative estimate of drug-likeness (QED) is 0.833. The molecule has 0 unspecified atom stereocenters. The van der Waals surface area contributed by atoms with Crippen LogP contribution in [0.1, 0.15) is 44.9 Å². The van der Waals surface area contributed by atoms with Gasteiger partial charge in [-0.25, -0.2) is 4.68 Å². The van der Waals surface area contributed by atoms with Crippen LogP contribution < -0.4 is 5.56 Å². The van der Waals surface area contributed by atoms with Gasteiger partial charge in [0.1, 0.15) is 0 Å². The van der Waals surface area contributed by atoms with Crippen LogP contribution in [0.4, 0.5) is 0 Å². The van der Waals surface area contributed by atoms with Gasteiger partial charge in [-0.1, -0.05) is 45.9 Å². The number of aromatic nitrogens is 2. The number of hydrogen-bond donors (Lipinski definition) is 0. The summed E-state index contributed by atoms with van der Waals surface area (Å²) in [7, 11) is 0. The van der Waals surface area contributed by atoms with Crippen LogP contribution >= 0.6 is 0 Å². The van der Waals surface area contributed by atoms with Crippen molar-refractivity contribution >= 4 is 0 Å². The van der Waals surface area contributed by atoms with E-state index in [-0.39, 0.29) is 11.5 Å². The Morgan fingerprint density at radius 2 is 1.65 bits per heavy atom. The average Bonchev–Trinajstić information content (AvgIpc) is 2.61. The lowest BCUT2D eigenvalue weighted by molar-refractivity contribution is 0.439. The number of hydrogen-bond acceptors (Lipinski definition) is 1. The van der Waals surface area contributed by atoms with Crippen molar-refractivity contribution < 1.29 is 0 Å². The topological polar surface area (TPSA) is 26.9 Å². The predicted molar refractivity (Wildman–Crippen MR) is 83.7 cm³/mol. The summed E-state index contributed by atoms with van der Waals surface area (Å²) in [6.45, 7) is 11.4.